The van der Waals surface area contributed by atoms with Crippen LogP contribution in [0.5, 0.6) is 11.6 Å². The van der Waals surface area contributed by atoms with Gasteiger partial charge in [0.25, 0.3) is 0 Å². The van der Waals surface area contributed by atoms with Crippen LogP contribution in [0.15, 0.2) is 30.3 Å². The lowest BCUT2D eigenvalue weighted by Gasteiger charge is -2.09. The molecule has 0 saturated carbocycles. The first-order chi connectivity index (χ1) is 9.88. The standard InChI is InChI=1S/C13H10ClF3N2O2/c1-20-9-4-2-8(3-5-9)7-21-11-6-10(14)18-12(19-11)13(15,16)17/h2-6H,7H2,1H3. The van der Waals surface area contributed by atoms with Gasteiger partial charge < -0.3 is 9.47 Å². The molecule has 1 aromatic heterocycles. The highest BCUT2D eigenvalue weighted by atomic mass is 35.5. The van der Waals surface area contributed by atoms with E-state index in [1.165, 1.54) is 7.11 Å². The van der Waals surface area contributed by atoms with Gasteiger partial charge in [-0.2, -0.15) is 18.2 Å². The number of hydrogen-bond donors (Lipinski definition) is 0. The number of hydrogen-bond acceptors (Lipinski definition) is 4. The van der Waals surface area contributed by atoms with Crippen molar-refractivity contribution in [2.24, 2.45) is 0 Å². The van der Waals surface area contributed by atoms with E-state index in [9.17, 15) is 13.2 Å². The number of halogens is 4. The van der Waals surface area contributed by atoms with Crippen LogP contribution < -0.4 is 9.47 Å². The molecule has 0 amide bonds. The molecule has 8 heteroatoms. The second-order valence-electron chi connectivity index (χ2n) is 3.99. The predicted molar refractivity (Wildman–Crippen MR) is 69.4 cm³/mol. The van der Waals surface area contributed by atoms with Crippen molar-refractivity contribution in [2.45, 2.75) is 12.8 Å². The van der Waals surface area contributed by atoms with Crippen LogP contribution in [-0.2, 0) is 12.8 Å². The first-order valence-corrected chi connectivity index (χ1v) is 6.14. The highest BCUT2D eigenvalue weighted by Crippen LogP contribution is 2.29. The fourth-order valence-corrected chi connectivity index (χ4v) is 1.65. The van der Waals surface area contributed by atoms with Crippen molar-refractivity contribution < 1.29 is 22.6 Å². The Bertz CT molecular complexity index is 618. The second-order valence-corrected chi connectivity index (χ2v) is 4.37. The van der Waals surface area contributed by atoms with Crippen molar-refractivity contribution in [2.75, 3.05) is 7.11 Å². The monoisotopic (exact) mass is 318 g/mol. The summed E-state index contributed by atoms with van der Waals surface area (Å²) >= 11 is 5.53. The number of alkyl halides is 3. The Morgan fingerprint density at radius 2 is 1.81 bits per heavy atom. The van der Waals surface area contributed by atoms with Crippen LogP contribution >= 0.6 is 11.6 Å². The average Bonchev–Trinajstić information content (AvgIpc) is 2.44. The van der Waals surface area contributed by atoms with E-state index in [-0.39, 0.29) is 17.6 Å². The lowest BCUT2D eigenvalue weighted by Crippen LogP contribution is -2.12. The van der Waals surface area contributed by atoms with Gasteiger partial charge in [-0.05, 0) is 17.7 Å². The van der Waals surface area contributed by atoms with Gasteiger partial charge in [-0.3, -0.25) is 0 Å². The zero-order chi connectivity index (χ0) is 15.5. The largest absolute Gasteiger partial charge is 0.497 e. The minimum absolute atomic E-state index is 0.0502. The van der Waals surface area contributed by atoms with Gasteiger partial charge >= 0.3 is 6.18 Å². The van der Waals surface area contributed by atoms with Crippen LogP contribution in [0.1, 0.15) is 11.4 Å². The van der Waals surface area contributed by atoms with Crippen LogP contribution in [0.3, 0.4) is 0 Å². The molecule has 1 aromatic carbocycles. The summed E-state index contributed by atoms with van der Waals surface area (Å²) in [4.78, 5) is 6.40. The van der Waals surface area contributed by atoms with Gasteiger partial charge in [-0.25, -0.2) is 4.98 Å². The Morgan fingerprint density at radius 3 is 2.38 bits per heavy atom. The van der Waals surface area contributed by atoms with E-state index >= 15 is 0 Å². The van der Waals surface area contributed by atoms with Crippen LogP contribution in [0.2, 0.25) is 5.15 Å². The highest BCUT2D eigenvalue weighted by Gasteiger charge is 2.35. The molecule has 21 heavy (non-hydrogen) atoms. The van der Waals surface area contributed by atoms with Gasteiger partial charge in [0, 0.05) is 6.07 Å². The van der Waals surface area contributed by atoms with E-state index in [2.05, 4.69) is 9.97 Å². The second kappa shape index (κ2) is 6.17. The molecule has 0 bridgehead atoms. The Hall–Kier alpha value is -2.02. The minimum Gasteiger partial charge on any atom is -0.497 e. The van der Waals surface area contributed by atoms with E-state index in [0.29, 0.717) is 5.75 Å². The van der Waals surface area contributed by atoms with E-state index in [0.717, 1.165) is 11.6 Å². The molecule has 0 N–H and O–H groups in total. The zero-order valence-electron chi connectivity index (χ0n) is 10.8. The first kappa shape index (κ1) is 15.4. The Labute approximate surface area is 123 Å². The quantitative estimate of drug-likeness (QED) is 0.806. The van der Waals surface area contributed by atoms with E-state index in [1.807, 2.05) is 0 Å². The summed E-state index contributed by atoms with van der Waals surface area (Å²) in [5, 5.41) is -0.331. The molecule has 0 aliphatic heterocycles. The maximum atomic E-state index is 12.5. The molecule has 0 atom stereocenters. The Kier molecular flexibility index (Phi) is 4.52. The molecule has 4 nitrogen and oxygen atoms in total. The summed E-state index contributed by atoms with van der Waals surface area (Å²) in [7, 11) is 1.53. The van der Waals surface area contributed by atoms with Crippen molar-refractivity contribution in [3.8, 4) is 11.6 Å². The van der Waals surface area contributed by atoms with Crippen LogP contribution in [0.25, 0.3) is 0 Å². The fraction of sp³-hybridized carbons (Fsp3) is 0.231. The van der Waals surface area contributed by atoms with Crippen molar-refractivity contribution in [1.82, 2.24) is 9.97 Å². The van der Waals surface area contributed by atoms with E-state index in [1.54, 1.807) is 24.3 Å². The molecule has 2 rings (SSSR count). The molecular weight excluding hydrogens is 309 g/mol. The number of nitrogens with zero attached hydrogens (tertiary/aromatic N) is 2. The molecule has 0 radical (unpaired) electrons. The first-order valence-electron chi connectivity index (χ1n) is 5.76. The van der Waals surface area contributed by atoms with Crippen molar-refractivity contribution in [1.29, 1.82) is 0 Å². The van der Waals surface area contributed by atoms with Gasteiger partial charge in [0.2, 0.25) is 11.7 Å². The van der Waals surface area contributed by atoms with Crippen molar-refractivity contribution >= 4 is 11.6 Å². The van der Waals surface area contributed by atoms with E-state index < -0.39 is 12.0 Å². The van der Waals surface area contributed by atoms with Gasteiger partial charge in [-0.1, -0.05) is 23.7 Å². The van der Waals surface area contributed by atoms with Crippen LogP contribution in [-0.4, -0.2) is 17.1 Å². The van der Waals surface area contributed by atoms with Crippen molar-refractivity contribution in [3.05, 3.63) is 46.9 Å². The summed E-state index contributed by atoms with van der Waals surface area (Å²) in [6.07, 6.45) is -4.68. The number of aromatic nitrogens is 2. The number of rotatable bonds is 4. The molecule has 0 spiro atoms. The molecule has 0 fully saturated rings. The third kappa shape index (κ3) is 4.22. The highest BCUT2D eigenvalue weighted by molar-refractivity contribution is 6.29. The molecule has 0 aliphatic rings. The van der Waals surface area contributed by atoms with Crippen LogP contribution in [0, 0.1) is 0 Å². The minimum atomic E-state index is -4.68. The maximum absolute atomic E-state index is 12.5. The normalized spacial score (nSPS) is 11.3. The molecule has 0 saturated heterocycles. The summed E-state index contributed by atoms with van der Waals surface area (Å²) in [5.74, 6) is -0.902. The maximum Gasteiger partial charge on any atom is 0.451 e. The summed E-state index contributed by atoms with van der Waals surface area (Å²) in [6, 6.07) is 8.01. The molecular formula is C13H10ClF3N2O2. The molecule has 112 valence electrons. The molecule has 1 heterocycles. The number of benzene rings is 1. The number of methoxy groups -OCH3 is 1. The Balaban J connectivity index is 2.10. The van der Waals surface area contributed by atoms with Gasteiger partial charge in [0.1, 0.15) is 17.5 Å². The van der Waals surface area contributed by atoms with Crippen molar-refractivity contribution in [3.63, 3.8) is 0 Å². The number of ether oxygens (including phenoxy) is 2. The fourth-order valence-electron chi connectivity index (χ4n) is 1.48. The Morgan fingerprint density at radius 1 is 1.14 bits per heavy atom. The lowest BCUT2D eigenvalue weighted by atomic mass is 10.2. The summed E-state index contributed by atoms with van der Waals surface area (Å²) < 4.78 is 47.8. The smallest absolute Gasteiger partial charge is 0.451 e. The van der Waals surface area contributed by atoms with Crippen LogP contribution in [0.4, 0.5) is 13.2 Å². The SMILES string of the molecule is COc1ccc(COc2cc(Cl)nc(C(F)(F)F)n2)cc1. The zero-order valence-corrected chi connectivity index (χ0v) is 11.6. The summed E-state index contributed by atoms with van der Waals surface area (Å²) in [5.41, 5.74) is 0.749. The lowest BCUT2D eigenvalue weighted by molar-refractivity contribution is -0.145. The average molecular weight is 319 g/mol. The van der Waals surface area contributed by atoms with Gasteiger partial charge in [0.05, 0.1) is 7.11 Å². The molecule has 0 unspecified atom stereocenters. The van der Waals surface area contributed by atoms with E-state index in [4.69, 9.17) is 21.1 Å². The molecule has 2 aromatic rings. The third-order valence-electron chi connectivity index (χ3n) is 2.47. The third-order valence-corrected chi connectivity index (χ3v) is 2.66. The molecule has 0 aliphatic carbocycles. The predicted octanol–water partition coefficient (Wildman–Crippen LogP) is 3.74. The van der Waals surface area contributed by atoms with Gasteiger partial charge in [0.15, 0.2) is 0 Å². The summed E-state index contributed by atoms with van der Waals surface area (Å²) in [6.45, 7) is 0.0502. The van der Waals surface area contributed by atoms with Gasteiger partial charge in [-0.15, -0.1) is 0 Å². The topological polar surface area (TPSA) is 44.2 Å².